The van der Waals surface area contributed by atoms with Crippen LogP contribution in [-0.4, -0.2) is 47.6 Å². The van der Waals surface area contributed by atoms with E-state index >= 15 is 0 Å². The van der Waals surface area contributed by atoms with E-state index in [0.29, 0.717) is 19.5 Å². The van der Waals surface area contributed by atoms with Crippen molar-refractivity contribution in [2.75, 3.05) is 26.3 Å². The zero-order valence-electron chi connectivity index (χ0n) is 12.2. The largest absolute Gasteiger partial charge is 0.481 e. The van der Waals surface area contributed by atoms with Crippen molar-refractivity contribution in [2.24, 2.45) is 0 Å². The zero-order chi connectivity index (χ0) is 14.8. The van der Waals surface area contributed by atoms with Gasteiger partial charge in [-0.15, -0.1) is 0 Å². The normalized spacial score (nSPS) is 9.84. The second-order valence-electron chi connectivity index (χ2n) is 4.46. The summed E-state index contributed by atoms with van der Waals surface area (Å²) in [7, 11) is 0. The Labute approximate surface area is 117 Å². The monoisotopic (exact) mass is 277 g/mol. The molecule has 0 aliphatic rings. The lowest BCUT2D eigenvalue weighted by molar-refractivity contribution is -0.137. The Balaban J connectivity index is 0. The molecule has 0 rings (SSSR count). The maximum absolute atomic E-state index is 10.1. The standard InChI is InChI=1S/C10H20O2.C4H11NO2/c1-2-3-4-5-6-7-8-9-10(11)12;6-3-1-5-2-4-7/h2-9H2,1H3,(H,11,12);5-7H,1-4H2. The van der Waals surface area contributed by atoms with Crippen LogP contribution in [-0.2, 0) is 4.79 Å². The molecule has 0 saturated heterocycles. The molecule has 0 aliphatic heterocycles. The third-order valence-electron chi connectivity index (χ3n) is 2.57. The van der Waals surface area contributed by atoms with Gasteiger partial charge in [-0.25, -0.2) is 0 Å². The summed E-state index contributed by atoms with van der Waals surface area (Å²) in [4.78, 5) is 10.1. The molecule has 0 radical (unpaired) electrons. The number of unbranched alkanes of at least 4 members (excludes halogenated alkanes) is 6. The third kappa shape index (κ3) is 26.8. The van der Waals surface area contributed by atoms with Crippen LogP contribution in [0.15, 0.2) is 0 Å². The first-order valence-corrected chi connectivity index (χ1v) is 7.33. The number of hydrogen-bond donors (Lipinski definition) is 4. The number of rotatable bonds is 12. The Hall–Kier alpha value is -0.650. The molecule has 0 heterocycles. The van der Waals surface area contributed by atoms with Crippen LogP contribution in [0.25, 0.3) is 0 Å². The maximum Gasteiger partial charge on any atom is 0.303 e. The van der Waals surface area contributed by atoms with Crippen LogP contribution < -0.4 is 5.32 Å². The number of carboxylic acid groups (broad SMARTS) is 1. The van der Waals surface area contributed by atoms with Gasteiger partial charge in [0.15, 0.2) is 0 Å². The van der Waals surface area contributed by atoms with E-state index in [1.165, 1.54) is 32.1 Å². The van der Waals surface area contributed by atoms with Gasteiger partial charge in [0.05, 0.1) is 13.2 Å². The van der Waals surface area contributed by atoms with Crippen molar-refractivity contribution in [3.8, 4) is 0 Å². The number of hydrogen-bond acceptors (Lipinski definition) is 4. The highest BCUT2D eigenvalue weighted by molar-refractivity contribution is 5.66. The number of nitrogens with one attached hydrogen (secondary N) is 1. The zero-order valence-corrected chi connectivity index (χ0v) is 12.2. The van der Waals surface area contributed by atoms with Crippen LogP contribution in [0, 0.1) is 0 Å². The van der Waals surface area contributed by atoms with E-state index in [0.717, 1.165) is 12.8 Å². The highest BCUT2D eigenvalue weighted by Gasteiger charge is 1.95. The fraction of sp³-hybridized carbons (Fsp3) is 0.929. The summed E-state index contributed by atoms with van der Waals surface area (Å²) in [6.07, 6.45) is 8.64. The Morgan fingerprint density at radius 3 is 1.79 bits per heavy atom. The molecular weight excluding hydrogens is 246 g/mol. The van der Waals surface area contributed by atoms with Crippen molar-refractivity contribution in [1.82, 2.24) is 5.32 Å². The van der Waals surface area contributed by atoms with E-state index in [2.05, 4.69) is 12.2 Å². The van der Waals surface area contributed by atoms with Crippen molar-refractivity contribution in [2.45, 2.75) is 58.3 Å². The molecular formula is C14H31NO4. The average molecular weight is 277 g/mol. The van der Waals surface area contributed by atoms with Gasteiger partial charge >= 0.3 is 5.97 Å². The van der Waals surface area contributed by atoms with Gasteiger partial charge in [-0.1, -0.05) is 45.4 Å². The molecule has 0 saturated carbocycles. The van der Waals surface area contributed by atoms with E-state index in [-0.39, 0.29) is 13.2 Å². The molecule has 0 atom stereocenters. The second kappa shape index (κ2) is 19.7. The molecule has 4 N–H and O–H groups in total. The summed E-state index contributed by atoms with van der Waals surface area (Å²) in [5, 5.41) is 27.4. The predicted octanol–water partition coefficient (Wildman–Crippen LogP) is 1.77. The van der Waals surface area contributed by atoms with E-state index < -0.39 is 5.97 Å². The number of carboxylic acids is 1. The van der Waals surface area contributed by atoms with Gasteiger partial charge in [0.25, 0.3) is 0 Å². The molecule has 0 aliphatic carbocycles. The maximum atomic E-state index is 10.1. The molecule has 19 heavy (non-hydrogen) atoms. The fourth-order valence-corrected chi connectivity index (χ4v) is 1.52. The molecule has 0 spiro atoms. The van der Waals surface area contributed by atoms with Crippen LogP contribution in [0.3, 0.4) is 0 Å². The van der Waals surface area contributed by atoms with E-state index in [9.17, 15) is 4.79 Å². The minimum Gasteiger partial charge on any atom is -0.481 e. The van der Waals surface area contributed by atoms with Crippen LogP contribution in [0.1, 0.15) is 58.3 Å². The number of aliphatic hydroxyl groups is 2. The van der Waals surface area contributed by atoms with Gasteiger partial charge < -0.3 is 20.6 Å². The first kappa shape index (κ1) is 20.7. The van der Waals surface area contributed by atoms with Gasteiger partial charge in [-0.05, 0) is 6.42 Å². The van der Waals surface area contributed by atoms with E-state index in [4.69, 9.17) is 15.3 Å². The predicted molar refractivity (Wildman–Crippen MR) is 77.3 cm³/mol. The van der Waals surface area contributed by atoms with E-state index in [1.54, 1.807) is 0 Å². The second-order valence-corrected chi connectivity index (χ2v) is 4.46. The van der Waals surface area contributed by atoms with Gasteiger partial charge in [0, 0.05) is 19.5 Å². The molecule has 116 valence electrons. The van der Waals surface area contributed by atoms with Crippen LogP contribution in [0.5, 0.6) is 0 Å². The average Bonchev–Trinajstić information content (AvgIpc) is 2.39. The summed E-state index contributed by atoms with van der Waals surface area (Å²) < 4.78 is 0. The Bertz CT molecular complexity index is 173. The van der Waals surface area contributed by atoms with Crippen LogP contribution in [0.4, 0.5) is 0 Å². The quantitative estimate of drug-likeness (QED) is 0.408. The first-order chi connectivity index (χ1) is 9.18. The first-order valence-electron chi connectivity index (χ1n) is 7.33. The Morgan fingerprint density at radius 2 is 1.37 bits per heavy atom. The summed E-state index contributed by atoms with van der Waals surface area (Å²) in [5.41, 5.74) is 0. The molecule has 0 amide bonds. The highest BCUT2D eigenvalue weighted by atomic mass is 16.4. The minimum absolute atomic E-state index is 0.139. The lowest BCUT2D eigenvalue weighted by atomic mass is 10.1. The summed E-state index contributed by atoms with van der Waals surface area (Å²) in [6, 6.07) is 0. The molecule has 0 fully saturated rings. The lowest BCUT2D eigenvalue weighted by Gasteiger charge is -1.98. The van der Waals surface area contributed by atoms with Crippen molar-refractivity contribution in [3.05, 3.63) is 0 Å². The van der Waals surface area contributed by atoms with Crippen LogP contribution >= 0.6 is 0 Å². The molecule has 5 nitrogen and oxygen atoms in total. The van der Waals surface area contributed by atoms with Gasteiger partial charge in [0.1, 0.15) is 0 Å². The lowest BCUT2D eigenvalue weighted by Crippen LogP contribution is -2.21. The van der Waals surface area contributed by atoms with Crippen molar-refractivity contribution in [1.29, 1.82) is 0 Å². The van der Waals surface area contributed by atoms with Crippen molar-refractivity contribution in [3.63, 3.8) is 0 Å². The smallest absolute Gasteiger partial charge is 0.303 e. The van der Waals surface area contributed by atoms with Crippen molar-refractivity contribution < 1.29 is 20.1 Å². The SMILES string of the molecule is CCCCCCCCCC(=O)O.OCCNCCO. The summed E-state index contributed by atoms with van der Waals surface area (Å²) in [5.74, 6) is -0.663. The Morgan fingerprint density at radius 1 is 0.895 bits per heavy atom. The highest BCUT2D eigenvalue weighted by Crippen LogP contribution is 2.07. The van der Waals surface area contributed by atoms with Gasteiger partial charge in [-0.3, -0.25) is 4.79 Å². The molecule has 0 aromatic carbocycles. The fourth-order valence-electron chi connectivity index (χ4n) is 1.52. The van der Waals surface area contributed by atoms with Gasteiger partial charge in [0.2, 0.25) is 0 Å². The Kier molecular flexibility index (Phi) is 21.4. The summed E-state index contributed by atoms with van der Waals surface area (Å²) in [6.45, 7) is 3.62. The van der Waals surface area contributed by atoms with Gasteiger partial charge in [-0.2, -0.15) is 0 Å². The molecule has 5 heteroatoms. The number of aliphatic carboxylic acids is 1. The minimum atomic E-state index is -0.663. The van der Waals surface area contributed by atoms with E-state index in [1.807, 2.05) is 0 Å². The topological polar surface area (TPSA) is 89.8 Å². The molecule has 0 bridgehead atoms. The van der Waals surface area contributed by atoms with Crippen molar-refractivity contribution >= 4 is 5.97 Å². The molecule has 0 unspecified atom stereocenters. The number of carbonyl (C=O) groups is 1. The molecule has 0 aromatic heterocycles. The summed E-state index contributed by atoms with van der Waals surface area (Å²) >= 11 is 0. The molecule has 0 aromatic rings. The third-order valence-corrected chi connectivity index (χ3v) is 2.57. The number of aliphatic hydroxyl groups excluding tert-OH is 2. The van der Waals surface area contributed by atoms with Crippen LogP contribution in [0.2, 0.25) is 0 Å².